The van der Waals surface area contributed by atoms with Gasteiger partial charge >= 0.3 is 0 Å². The number of unbranched alkanes of at least 4 members (excludes halogenated alkanes) is 1. The molecule has 140 valence electrons. The quantitative estimate of drug-likeness (QED) is 0.635. The normalized spacial score (nSPS) is 23.6. The minimum Gasteiger partial charge on any atom is -0.354 e. The van der Waals surface area contributed by atoms with Gasteiger partial charge in [-0.15, -0.1) is 12.4 Å². The zero-order chi connectivity index (χ0) is 16.5. The molecule has 2 fully saturated rings. The summed E-state index contributed by atoms with van der Waals surface area (Å²) in [6.07, 6.45) is 9.07. The molecule has 0 radical (unpaired) electrons. The molecule has 2 heterocycles. The number of hydrogen-bond donors (Lipinski definition) is 2. The van der Waals surface area contributed by atoms with E-state index in [2.05, 4.69) is 16.9 Å². The van der Waals surface area contributed by atoms with Crippen LogP contribution in [-0.2, 0) is 9.59 Å². The molecule has 0 aromatic carbocycles. The number of piperidine rings is 1. The molecule has 5 nitrogen and oxygen atoms in total. The first-order valence-electron chi connectivity index (χ1n) is 8.98. The number of carbonyl (C=O) groups is 2. The summed E-state index contributed by atoms with van der Waals surface area (Å²) in [5.41, 5.74) is 0. The van der Waals surface area contributed by atoms with E-state index in [4.69, 9.17) is 0 Å². The van der Waals surface area contributed by atoms with Crippen LogP contribution in [0.25, 0.3) is 0 Å². The fraction of sp³-hybridized carbons (Fsp3) is 0.882. The molecule has 0 saturated carbocycles. The van der Waals surface area contributed by atoms with E-state index < -0.39 is 0 Å². The second-order valence-corrected chi connectivity index (χ2v) is 7.68. The highest BCUT2D eigenvalue weighted by molar-refractivity contribution is 7.98. The summed E-state index contributed by atoms with van der Waals surface area (Å²) in [6, 6.07) is -0.00670. The Morgan fingerprint density at radius 1 is 1.25 bits per heavy atom. The van der Waals surface area contributed by atoms with Crippen LogP contribution in [-0.4, -0.2) is 60.9 Å². The smallest absolute Gasteiger partial charge is 0.237 e. The van der Waals surface area contributed by atoms with Gasteiger partial charge in [0.25, 0.3) is 0 Å². The molecular weight excluding hydrogens is 346 g/mol. The Balaban J connectivity index is 0.00000288. The predicted molar refractivity (Wildman–Crippen MR) is 103 cm³/mol. The van der Waals surface area contributed by atoms with Gasteiger partial charge in [0.2, 0.25) is 11.8 Å². The average molecular weight is 378 g/mol. The maximum Gasteiger partial charge on any atom is 0.237 e. The summed E-state index contributed by atoms with van der Waals surface area (Å²) >= 11 is 1.84. The van der Waals surface area contributed by atoms with Crippen LogP contribution in [0.2, 0.25) is 0 Å². The van der Waals surface area contributed by atoms with E-state index in [-0.39, 0.29) is 24.4 Å². The Hall–Kier alpha value is -0.460. The number of nitrogens with zero attached hydrogens (tertiary/aromatic N) is 1. The van der Waals surface area contributed by atoms with Crippen LogP contribution in [0.3, 0.4) is 0 Å². The molecule has 7 heteroatoms. The Morgan fingerprint density at radius 2 is 2.08 bits per heavy atom. The molecule has 0 spiro atoms. The topological polar surface area (TPSA) is 61.4 Å². The summed E-state index contributed by atoms with van der Waals surface area (Å²) in [4.78, 5) is 26.3. The number of likely N-dealkylation sites (tertiary alicyclic amines) is 1. The standard InChI is InChI=1S/C17H31N3O2S.ClH/c1-23-11-3-2-8-16(21)20-10-5-6-14(13-20)12-19-17(22)15-7-4-9-18-15;/h14-15,18H,2-13H2,1H3,(H,19,22);1H. The summed E-state index contributed by atoms with van der Waals surface area (Å²) in [5.74, 6) is 1.96. The van der Waals surface area contributed by atoms with Gasteiger partial charge in [-0.05, 0) is 63.0 Å². The number of halogens is 1. The Labute approximate surface area is 156 Å². The molecule has 24 heavy (non-hydrogen) atoms. The first kappa shape index (κ1) is 21.6. The van der Waals surface area contributed by atoms with E-state index in [0.717, 1.165) is 63.9 Å². The van der Waals surface area contributed by atoms with Crippen molar-refractivity contribution in [3.63, 3.8) is 0 Å². The lowest BCUT2D eigenvalue weighted by atomic mass is 9.97. The second kappa shape index (κ2) is 12.0. The zero-order valence-electron chi connectivity index (χ0n) is 14.7. The molecule has 2 aliphatic heterocycles. The fourth-order valence-electron chi connectivity index (χ4n) is 3.42. The summed E-state index contributed by atoms with van der Waals surface area (Å²) in [7, 11) is 0. The molecule has 2 N–H and O–H groups in total. The van der Waals surface area contributed by atoms with E-state index in [1.165, 1.54) is 0 Å². The lowest BCUT2D eigenvalue weighted by molar-refractivity contribution is -0.133. The van der Waals surface area contributed by atoms with Crippen LogP contribution in [0.1, 0.15) is 44.9 Å². The Bertz CT molecular complexity index is 392. The third kappa shape index (κ3) is 7.19. The predicted octanol–water partition coefficient (Wildman–Crippen LogP) is 2.05. The van der Waals surface area contributed by atoms with Crippen molar-refractivity contribution in [1.82, 2.24) is 15.5 Å². The average Bonchev–Trinajstić information content (AvgIpc) is 3.11. The first-order chi connectivity index (χ1) is 11.2. The second-order valence-electron chi connectivity index (χ2n) is 6.69. The highest BCUT2D eigenvalue weighted by Crippen LogP contribution is 2.17. The van der Waals surface area contributed by atoms with E-state index in [0.29, 0.717) is 24.8 Å². The summed E-state index contributed by atoms with van der Waals surface area (Å²) in [5, 5.41) is 6.30. The van der Waals surface area contributed by atoms with E-state index in [1.54, 1.807) is 0 Å². The van der Waals surface area contributed by atoms with Gasteiger partial charge in [0.15, 0.2) is 0 Å². The van der Waals surface area contributed by atoms with E-state index >= 15 is 0 Å². The van der Waals surface area contributed by atoms with Crippen LogP contribution in [0.4, 0.5) is 0 Å². The van der Waals surface area contributed by atoms with Gasteiger partial charge in [-0.25, -0.2) is 0 Å². The molecule has 0 bridgehead atoms. The number of nitrogens with one attached hydrogen (secondary N) is 2. The van der Waals surface area contributed by atoms with Crippen molar-refractivity contribution in [3.8, 4) is 0 Å². The van der Waals surface area contributed by atoms with Crippen LogP contribution in [0.5, 0.6) is 0 Å². The molecular formula is C17H32ClN3O2S. The Kier molecular flexibility index (Phi) is 10.8. The lowest BCUT2D eigenvalue weighted by Crippen LogP contribution is -2.46. The monoisotopic (exact) mass is 377 g/mol. The summed E-state index contributed by atoms with van der Waals surface area (Å²) in [6.45, 7) is 3.34. The van der Waals surface area contributed by atoms with E-state index in [1.807, 2.05) is 16.7 Å². The van der Waals surface area contributed by atoms with Gasteiger partial charge in [0, 0.05) is 26.1 Å². The van der Waals surface area contributed by atoms with Crippen molar-refractivity contribution in [3.05, 3.63) is 0 Å². The van der Waals surface area contributed by atoms with Gasteiger partial charge in [-0.2, -0.15) is 11.8 Å². The van der Waals surface area contributed by atoms with Crippen molar-refractivity contribution in [1.29, 1.82) is 0 Å². The van der Waals surface area contributed by atoms with Gasteiger partial charge in [0.05, 0.1) is 6.04 Å². The van der Waals surface area contributed by atoms with Crippen LogP contribution in [0, 0.1) is 5.92 Å². The molecule has 0 aromatic rings. The lowest BCUT2D eigenvalue weighted by Gasteiger charge is -2.33. The highest BCUT2D eigenvalue weighted by Gasteiger charge is 2.26. The summed E-state index contributed by atoms with van der Waals surface area (Å²) < 4.78 is 0. The van der Waals surface area contributed by atoms with Crippen molar-refractivity contribution in [2.75, 3.05) is 38.2 Å². The SMILES string of the molecule is CSCCCCC(=O)N1CCCC(CNC(=O)C2CCCN2)C1.Cl. The maximum atomic E-state index is 12.3. The number of rotatable bonds is 8. The molecule has 2 aliphatic rings. The number of thioether (sulfide) groups is 1. The number of carbonyl (C=O) groups excluding carboxylic acids is 2. The van der Waals surface area contributed by atoms with Crippen molar-refractivity contribution < 1.29 is 9.59 Å². The van der Waals surface area contributed by atoms with Gasteiger partial charge in [0.1, 0.15) is 0 Å². The van der Waals surface area contributed by atoms with Crippen LogP contribution < -0.4 is 10.6 Å². The van der Waals surface area contributed by atoms with Gasteiger partial charge < -0.3 is 15.5 Å². The largest absolute Gasteiger partial charge is 0.354 e. The van der Waals surface area contributed by atoms with Crippen LogP contribution >= 0.6 is 24.2 Å². The van der Waals surface area contributed by atoms with Crippen molar-refractivity contribution in [2.24, 2.45) is 5.92 Å². The van der Waals surface area contributed by atoms with Crippen LogP contribution in [0.15, 0.2) is 0 Å². The highest BCUT2D eigenvalue weighted by atomic mass is 35.5. The van der Waals surface area contributed by atoms with Crippen molar-refractivity contribution >= 4 is 36.0 Å². The fourth-order valence-corrected chi connectivity index (χ4v) is 3.91. The third-order valence-electron chi connectivity index (χ3n) is 4.80. The molecule has 0 aliphatic carbocycles. The third-order valence-corrected chi connectivity index (χ3v) is 5.50. The van der Waals surface area contributed by atoms with Gasteiger partial charge in [-0.3, -0.25) is 9.59 Å². The minimum absolute atomic E-state index is 0. The first-order valence-corrected chi connectivity index (χ1v) is 10.4. The number of amides is 2. The van der Waals surface area contributed by atoms with E-state index in [9.17, 15) is 9.59 Å². The molecule has 2 unspecified atom stereocenters. The minimum atomic E-state index is -0.00670. The Morgan fingerprint density at radius 3 is 2.79 bits per heavy atom. The van der Waals surface area contributed by atoms with Gasteiger partial charge in [-0.1, -0.05) is 0 Å². The number of hydrogen-bond acceptors (Lipinski definition) is 4. The molecule has 2 rings (SSSR count). The molecule has 2 atom stereocenters. The zero-order valence-corrected chi connectivity index (χ0v) is 16.4. The maximum absolute atomic E-state index is 12.3. The molecule has 0 aromatic heterocycles. The molecule has 2 saturated heterocycles. The molecule has 2 amide bonds. The van der Waals surface area contributed by atoms with Crippen molar-refractivity contribution in [2.45, 2.75) is 51.0 Å².